The van der Waals surface area contributed by atoms with E-state index in [1.54, 1.807) is 18.2 Å². The van der Waals surface area contributed by atoms with E-state index < -0.39 is 17.8 Å². The Hall–Kier alpha value is -2.11. The molecule has 29 heavy (non-hydrogen) atoms. The van der Waals surface area contributed by atoms with Gasteiger partial charge < -0.3 is 10.2 Å². The van der Waals surface area contributed by atoms with Crippen LogP contribution in [0.3, 0.4) is 0 Å². The monoisotopic (exact) mass is 438 g/mol. The first kappa shape index (κ1) is 23.2. The summed E-state index contributed by atoms with van der Waals surface area (Å²) in [6.07, 6.45) is 0.954. The van der Waals surface area contributed by atoms with Crippen LogP contribution in [-0.4, -0.2) is 29.3 Å². The number of hydrogen-bond donors (Lipinski definition) is 1. The molecule has 1 N–H and O–H groups in total. The van der Waals surface area contributed by atoms with E-state index in [0.717, 1.165) is 6.42 Å². The molecule has 1 atom stereocenters. The lowest BCUT2D eigenvalue weighted by Gasteiger charge is -2.31. The van der Waals surface area contributed by atoms with Crippen molar-refractivity contribution < 1.29 is 14.0 Å². The molecule has 0 aromatic heterocycles. The fraction of sp³-hybridized carbons (Fsp3) is 0.364. The second-order valence-electron chi connectivity index (χ2n) is 6.71. The van der Waals surface area contributed by atoms with Gasteiger partial charge in [-0.15, -0.1) is 0 Å². The Morgan fingerprint density at radius 1 is 1.07 bits per heavy atom. The summed E-state index contributed by atoms with van der Waals surface area (Å²) in [6, 6.07) is 10.7. The van der Waals surface area contributed by atoms with Gasteiger partial charge in [-0.05, 0) is 36.6 Å². The largest absolute Gasteiger partial charge is 0.354 e. The van der Waals surface area contributed by atoms with Crippen LogP contribution in [0.1, 0.15) is 37.8 Å². The topological polar surface area (TPSA) is 49.4 Å². The molecule has 0 aliphatic carbocycles. The molecule has 0 saturated heterocycles. The third kappa shape index (κ3) is 6.18. The maximum atomic E-state index is 14.2. The average molecular weight is 439 g/mol. The summed E-state index contributed by atoms with van der Waals surface area (Å²) in [5.41, 5.74) is 0.830. The quantitative estimate of drug-likeness (QED) is 0.597. The van der Waals surface area contributed by atoms with Crippen LogP contribution < -0.4 is 5.32 Å². The SMILES string of the molecule is CCCNC(=O)[C@@H](CC)N(Cc1ccccc1Cl)C(=O)Cc1c(F)cccc1Cl. The third-order valence-corrected chi connectivity index (χ3v) is 5.35. The highest BCUT2D eigenvalue weighted by Crippen LogP contribution is 2.23. The highest BCUT2D eigenvalue weighted by molar-refractivity contribution is 6.31. The van der Waals surface area contributed by atoms with E-state index in [2.05, 4.69) is 5.32 Å². The molecule has 7 heteroatoms. The van der Waals surface area contributed by atoms with Gasteiger partial charge in [-0.2, -0.15) is 0 Å². The molecule has 0 radical (unpaired) electrons. The Kier molecular flexibility index (Phi) is 8.93. The van der Waals surface area contributed by atoms with Gasteiger partial charge in [-0.1, -0.05) is 61.3 Å². The van der Waals surface area contributed by atoms with Crippen molar-refractivity contribution in [2.75, 3.05) is 6.54 Å². The average Bonchev–Trinajstić information content (AvgIpc) is 2.70. The number of nitrogens with zero attached hydrogens (tertiary/aromatic N) is 1. The number of amides is 2. The molecule has 156 valence electrons. The maximum Gasteiger partial charge on any atom is 0.242 e. The first-order valence-corrected chi connectivity index (χ1v) is 10.4. The molecule has 0 heterocycles. The molecular formula is C22H25Cl2FN2O2. The first-order valence-electron chi connectivity index (χ1n) is 9.62. The number of carbonyl (C=O) groups excluding carboxylic acids is 2. The van der Waals surface area contributed by atoms with Crippen molar-refractivity contribution in [1.82, 2.24) is 10.2 Å². The normalized spacial score (nSPS) is 11.8. The summed E-state index contributed by atoms with van der Waals surface area (Å²) in [5, 5.41) is 3.52. The van der Waals surface area contributed by atoms with E-state index >= 15 is 0 Å². The number of carbonyl (C=O) groups is 2. The zero-order valence-corrected chi connectivity index (χ0v) is 18.1. The highest BCUT2D eigenvalue weighted by Gasteiger charge is 2.29. The molecule has 4 nitrogen and oxygen atoms in total. The van der Waals surface area contributed by atoms with Gasteiger partial charge in [0, 0.05) is 28.7 Å². The van der Waals surface area contributed by atoms with Gasteiger partial charge in [-0.25, -0.2) is 4.39 Å². The molecule has 2 aromatic carbocycles. The van der Waals surface area contributed by atoms with Gasteiger partial charge in [0.25, 0.3) is 0 Å². The van der Waals surface area contributed by atoms with Crippen molar-refractivity contribution in [1.29, 1.82) is 0 Å². The zero-order chi connectivity index (χ0) is 21.4. The molecule has 2 aromatic rings. The van der Waals surface area contributed by atoms with E-state index in [1.807, 2.05) is 19.9 Å². The molecule has 0 aliphatic rings. The van der Waals surface area contributed by atoms with Crippen molar-refractivity contribution in [3.05, 3.63) is 69.5 Å². The molecule has 0 bridgehead atoms. The van der Waals surface area contributed by atoms with E-state index in [4.69, 9.17) is 23.2 Å². The number of halogens is 3. The van der Waals surface area contributed by atoms with Crippen molar-refractivity contribution in [3.63, 3.8) is 0 Å². The van der Waals surface area contributed by atoms with Gasteiger partial charge in [-0.3, -0.25) is 9.59 Å². The molecule has 0 unspecified atom stereocenters. The minimum absolute atomic E-state index is 0.118. The van der Waals surface area contributed by atoms with Gasteiger partial charge in [0.2, 0.25) is 11.8 Å². The van der Waals surface area contributed by atoms with Crippen molar-refractivity contribution >= 4 is 35.0 Å². The summed E-state index contributed by atoms with van der Waals surface area (Å²) >= 11 is 12.4. The van der Waals surface area contributed by atoms with Crippen LogP contribution in [0.4, 0.5) is 4.39 Å². The second-order valence-corrected chi connectivity index (χ2v) is 7.52. The van der Waals surface area contributed by atoms with E-state index in [-0.39, 0.29) is 29.5 Å². The zero-order valence-electron chi connectivity index (χ0n) is 16.6. The summed E-state index contributed by atoms with van der Waals surface area (Å²) < 4.78 is 14.2. The predicted molar refractivity (Wildman–Crippen MR) is 114 cm³/mol. The summed E-state index contributed by atoms with van der Waals surface area (Å²) in [5.74, 6) is -1.18. The van der Waals surface area contributed by atoms with Gasteiger partial charge in [0.05, 0.1) is 6.42 Å². The van der Waals surface area contributed by atoms with Crippen LogP contribution >= 0.6 is 23.2 Å². The predicted octanol–water partition coefficient (Wildman–Crippen LogP) is 5.01. The van der Waals surface area contributed by atoms with E-state index in [1.165, 1.54) is 23.1 Å². The van der Waals surface area contributed by atoms with Gasteiger partial charge in [0.1, 0.15) is 11.9 Å². The Bertz CT molecular complexity index is 840. The Morgan fingerprint density at radius 3 is 2.38 bits per heavy atom. The molecular weight excluding hydrogens is 414 g/mol. The van der Waals surface area contributed by atoms with Crippen molar-refractivity contribution in [3.8, 4) is 0 Å². The fourth-order valence-corrected chi connectivity index (χ4v) is 3.47. The number of hydrogen-bond acceptors (Lipinski definition) is 2. The van der Waals surface area contributed by atoms with Gasteiger partial charge >= 0.3 is 0 Å². The van der Waals surface area contributed by atoms with Crippen LogP contribution in [0.25, 0.3) is 0 Å². The van der Waals surface area contributed by atoms with Crippen molar-refractivity contribution in [2.24, 2.45) is 0 Å². The lowest BCUT2D eigenvalue weighted by molar-refractivity contribution is -0.141. The third-order valence-electron chi connectivity index (χ3n) is 4.62. The van der Waals surface area contributed by atoms with Crippen LogP contribution in [0.15, 0.2) is 42.5 Å². The van der Waals surface area contributed by atoms with Crippen LogP contribution in [0, 0.1) is 5.82 Å². The van der Waals surface area contributed by atoms with Crippen molar-refractivity contribution in [2.45, 2.75) is 45.7 Å². The second kappa shape index (κ2) is 11.2. The summed E-state index contributed by atoms with van der Waals surface area (Å²) in [6.45, 7) is 4.44. The fourth-order valence-electron chi connectivity index (χ4n) is 3.05. The van der Waals surface area contributed by atoms with E-state index in [9.17, 15) is 14.0 Å². The summed E-state index contributed by atoms with van der Waals surface area (Å²) in [7, 11) is 0. The standard InChI is InChI=1S/C22H25Cl2FN2O2/c1-3-12-26-22(29)20(4-2)27(14-15-8-5-6-9-17(15)23)21(28)13-16-18(24)10-7-11-19(16)25/h5-11,20H,3-4,12-14H2,1-2H3,(H,26,29)/t20-/m1/s1. The molecule has 0 saturated carbocycles. The van der Waals surface area contributed by atoms with Crippen LogP contribution in [0.2, 0.25) is 10.0 Å². The van der Waals surface area contributed by atoms with Gasteiger partial charge in [0.15, 0.2) is 0 Å². The Labute approximate surface area is 181 Å². The number of benzene rings is 2. The highest BCUT2D eigenvalue weighted by atomic mass is 35.5. The number of nitrogens with one attached hydrogen (secondary N) is 1. The Balaban J connectivity index is 2.35. The lowest BCUT2D eigenvalue weighted by atomic mass is 10.1. The minimum Gasteiger partial charge on any atom is -0.354 e. The Morgan fingerprint density at radius 2 is 1.76 bits per heavy atom. The lowest BCUT2D eigenvalue weighted by Crippen LogP contribution is -2.49. The molecule has 0 spiro atoms. The molecule has 2 amide bonds. The molecule has 0 fully saturated rings. The smallest absolute Gasteiger partial charge is 0.242 e. The number of rotatable bonds is 9. The van der Waals surface area contributed by atoms with Crippen LogP contribution in [0.5, 0.6) is 0 Å². The van der Waals surface area contributed by atoms with Crippen LogP contribution in [-0.2, 0) is 22.6 Å². The molecule has 2 rings (SSSR count). The first-order chi connectivity index (χ1) is 13.9. The minimum atomic E-state index is -0.698. The van der Waals surface area contributed by atoms with E-state index in [0.29, 0.717) is 23.6 Å². The molecule has 0 aliphatic heterocycles. The summed E-state index contributed by atoms with van der Waals surface area (Å²) in [4.78, 5) is 27.3. The maximum absolute atomic E-state index is 14.2.